The van der Waals surface area contributed by atoms with Crippen molar-refractivity contribution in [2.45, 2.75) is 20.5 Å². The lowest BCUT2D eigenvalue weighted by molar-refractivity contribution is 0.0528. The van der Waals surface area contributed by atoms with Gasteiger partial charge in [0.05, 0.1) is 24.0 Å². The van der Waals surface area contributed by atoms with Crippen LogP contribution in [0.15, 0.2) is 48.0 Å². The molecular formula is C26H24ClN3O5S. The maximum Gasteiger partial charge on any atom is 0.341 e. The highest BCUT2D eigenvalue weighted by atomic mass is 35.5. The van der Waals surface area contributed by atoms with Gasteiger partial charge in [-0.1, -0.05) is 11.6 Å². The van der Waals surface area contributed by atoms with E-state index in [1.807, 2.05) is 12.3 Å². The number of nitrogen functional groups attached to an aromatic ring is 1. The van der Waals surface area contributed by atoms with Gasteiger partial charge in [0.2, 0.25) is 0 Å². The van der Waals surface area contributed by atoms with E-state index >= 15 is 0 Å². The second-order valence-corrected chi connectivity index (χ2v) is 9.13. The number of hydrogen-bond acceptors (Lipinski definition) is 8. The summed E-state index contributed by atoms with van der Waals surface area (Å²) in [7, 11) is 1.52. The van der Waals surface area contributed by atoms with Gasteiger partial charge in [-0.3, -0.25) is 4.79 Å². The minimum absolute atomic E-state index is 0.121. The fourth-order valence-electron chi connectivity index (χ4n) is 3.64. The quantitative estimate of drug-likeness (QED) is 0.277. The van der Waals surface area contributed by atoms with Crippen LogP contribution in [0.1, 0.15) is 38.8 Å². The van der Waals surface area contributed by atoms with Gasteiger partial charge in [-0.15, -0.1) is 11.3 Å². The number of anilines is 2. The molecule has 10 heteroatoms. The summed E-state index contributed by atoms with van der Waals surface area (Å²) in [6.07, 6.45) is 1.42. The molecule has 0 unspecified atom stereocenters. The maximum absolute atomic E-state index is 12.9. The summed E-state index contributed by atoms with van der Waals surface area (Å²) in [4.78, 5) is 29.4. The van der Waals surface area contributed by atoms with Crippen LogP contribution in [0.3, 0.4) is 0 Å². The summed E-state index contributed by atoms with van der Waals surface area (Å²) in [5.41, 5.74) is 9.13. The van der Waals surface area contributed by atoms with Gasteiger partial charge in [-0.25, -0.2) is 9.78 Å². The number of ether oxygens (including phenoxy) is 3. The summed E-state index contributed by atoms with van der Waals surface area (Å²) in [5, 5.41) is 5.97. The zero-order valence-electron chi connectivity index (χ0n) is 19.9. The molecule has 2 heterocycles. The highest BCUT2D eigenvalue weighted by molar-refractivity contribution is 7.17. The van der Waals surface area contributed by atoms with Crippen molar-refractivity contribution in [3.05, 3.63) is 75.3 Å². The molecule has 0 bridgehead atoms. The minimum Gasteiger partial charge on any atom is -0.493 e. The van der Waals surface area contributed by atoms with Gasteiger partial charge >= 0.3 is 5.97 Å². The average Bonchev–Trinajstić information content (AvgIpc) is 3.29. The van der Waals surface area contributed by atoms with Crippen LogP contribution in [-0.4, -0.2) is 30.6 Å². The standard InChI is InChI=1S/C26H24ClN3O5S/c1-4-34-26(32)18-11-29-24(28)22-16(13-36-23(18)22)12-35-21-10-15(5-8-20(21)33-3)25(31)30-19-7-6-17(27)9-14(19)2/h5-11,13H,4,12H2,1-3H3,(H2,28,29)(H,30,31). The Balaban J connectivity index is 1.58. The van der Waals surface area contributed by atoms with E-state index in [1.54, 1.807) is 43.3 Å². The fraction of sp³-hybridized carbons (Fsp3) is 0.192. The number of carbonyl (C=O) groups is 2. The number of methoxy groups -OCH3 is 1. The number of hydrogen-bond donors (Lipinski definition) is 2. The van der Waals surface area contributed by atoms with Crippen molar-refractivity contribution in [3.63, 3.8) is 0 Å². The van der Waals surface area contributed by atoms with E-state index in [0.717, 1.165) is 11.1 Å². The van der Waals surface area contributed by atoms with E-state index in [1.165, 1.54) is 24.6 Å². The lowest BCUT2D eigenvalue weighted by Gasteiger charge is -2.13. The molecule has 186 valence electrons. The molecule has 0 aliphatic heterocycles. The molecule has 0 fully saturated rings. The number of halogens is 1. The van der Waals surface area contributed by atoms with Crippen molar-refractivity contribution in [2.24, 2.45) is 0 Å². The molecule has 0 radical (unpaired) electrons. The van der Waals surface area contributed by atoms with E-state index in [0.29, 0.717) is 43.4 Å². The molecule has 1 amide bonds. The number of benzene rings is 2. The van der Waals surface area contributed by atoms with E-state index in [-0.39, 0.29) is 24.9 Å². The van der Waals surface area contributed by atoms with Crippen molar-refractivity contribution >= 4 is 56.4 Å². The molecule has 0 saturated carbocycles. The molecular weight excluding hydrogens is 502 g/mol. The zero-order valence-corrected chi connectivity index (χ0v) is 21.5. The lowest BCUT2D eigenvalue weighted by atomic mass is 10.1. The number of aromatic nitrogens is 1. The second kappa shape index (κ2) is 10.8. The number of rotatable bonds is 8. The number of fused-ring (bicyclic) bond motifs is 1. The van der Waals surface area contributed by atoms with Crippen LogP contribution in [0.4, 0.5) is 11.5 Å². The maximum atomic E-state index is 12.9. The van der Waals surface area contributed by atoms with Crippen LogP contribution in [0.2, 0.25) is 5.02 Å². The summed E-state index contributed by atoms with van der Waals surface area (Å²) in [6.45, 7) is 3.98. The van der Waals surface area contributed by atoms with Crippen molar-refractivity contribution in [3.8, 4) is 11.5 Å². The zero-order chi connectivity index (χ0) is 25.8. The molecule has 0 aliphatic rings. The molecule has 0 aliphatic carbocycles. The van der Waals surface area contributed by atoms with Gasteiger partial charge in [0.15, 0.2) is 11.5 Å². The number of esters is 1. The molecule has 0 atom stereocenters. The van der Waals surface area contributed by atoms with E-state index in [4.69, 9.17) is 31.5 Å². The van der Waals surface area contributed by atoms with Crippen LogP contribution in [0, 0.1) is 6.92 Å². The third-order valence-electron chi connectivity index (χ3n) is 5.44. The first kappa shape index (κ1) is 25.3. The SMILES string of the molecule is CCOC(=O)c1cnc(N)c2c(COc3cc(C(=O)Nc4ccc(Cl)cc4C)ccc3OC)csc12. The fourth-order valence-corrected chi connectivity index (χ4v) is 4.93. The molecule has 0 spiro atoms. The molecule has 0 saturated heterocycles. The van der Waals surface area contributed by atoms with Crippen LogP contribution in [0.5, 0.6) is 11.5 Å². The Morgan fingerprint density at radius 3 is 2.69 bits per heavy atom. The van der Waals surface area contributed by atoms with E-state index in [9.17, 15) is 9.59 Å². The molecule has 3 N–H and O–H groups in total. The third kappa shape index (κ3) is 5.22. The number of pyridine rings is 1. The monoisotopic (exact) mass is 525 g/mol. The first-order valence-corrected chi connectivity index (χ1v) is 12.3. The third-order valence-corrected chi connectivity index (χ3v) is 6.74. The highest BCUT2D eigenvalue weighted by Crippen LogP contribution is 2.35. The van der Waals surface area contributed by atoms with Gasteiger partial charge < -0.3 is 25.3 Å². The second-order valence-electron chi connectivity index (χ2n) is 7.81. The summed E-state index contributed by atoms with van der Waals surface area (Å²) in [6, 6.07) is 10.2. The van der Waals surface area contributed by atoms with Gasteiger partial charge in [0.1, 0.15) is 12.4 Å². The van der Waals surface area contributed by atoms with Crippen LogP contribution in [0.25, 0.3) is 10.1 Å². The number of carbonyl (C=O) groups excluding carboxylic acids is 2. The van der Waals surface area contributed by atoms with Crippen LogP contribution < -0.4 is 20.5 Å². The first-order chi connectivity index (χ1) is 17.3. The van der Waals surface area contributed by atoms with Crippen molar-refractivity contribution in [1.82, 2.24) is 4.98 Å². The first-order valence-electron chi connectivity index (χ1n) is 11.0. The molecule has 4 rings (SSSR count). The number of amides is 1. The Bertz CT molecular complexity index is 1450. The normalized spacial score (nSPS) is 10.8. The summed E-state index contributed by atoms with van der Waals surface area (Å²) in [5.74, 6) is 0.371. The van der Waals surface area contributed by atoms with Crippen LogP contribution >= 0.6 is 22.9 Å². The average molecular weight is 526 g/mol. The van der Waals surface area contributed by atoms with E-state index in [2.05, 4.69) is 10.3 Å². The summed E-state index contributed by atoms with van der Waals surface area (Å²) < 4.78 is 17.3. The molecule has 8 nitrogen and oxygen atoms in total. The van der Waals surface area contributed by atoms with Gasteiger partial charge in [0.25, 0.3) is 5.91 Å². The van der Waals surface area contributed by atoms with Crippen molar-refractivity contribution in [2.75, 3.05) is 24.8 Å². The number of thiophene rings is 1. The number of aryl methyl sites for hydroxylation is 1. The number of nitrogens with one attached hydrogen (secondary N) is 1. The van der Waals surface area contributed by atoms with Gasteiger partial charge in [0, 0.05) is 33.4 Å². The van der Waals surface area contributed by atoms with Crippen LogP contribution in [-0.2, 0) is 11.3 Å². The molecule has 2 aromatic heterocycles. The Kier molecular flexibility index (Phi) is 7.61. The van der Waals surface area contributed by atoms with Gasteiger partial charge in [-0.2, -0.15) is 0 Å². The smallest absolute Gasteiger partial charge is 0.341 e. The van der Waals surface area contributed by atoms with E-state index < -0.39 is 5.97 Å². The highest BCUT2D eigenvalue weighted by Gasteiger charge is 2.19. The van der Waals surface area contributed by atoms with Crippen molar-refractivity contribution in [1.29, 1.82) is 0 Å². The number of nitrogens with zero attached hydrogens (tertiary/aromatic N) is 1. The summed E-state index contributed by atoms with van der Waals surface area (Å²) >= 11 is 7.37. The lowest BCUT2D eigenvalue weighted by Crippen LogP contribution is -2.13. The minimum atomic E-state index is -0.458. The Hall–Kier alpha value is -3.82. The van der Waals surface area contributed by atoms with Gasteiger partial charge in [-0.05, 0) is 61.2 Å². The molecule has 4 aromatic rings. The molecule has 36 heavy (non-hydrogen) atoms. The number of nitrogens with two attached hydrogens (primary N) is 1. The Morgan fingerprint density at radius 1 is 1.17 bits per heavy atom. The predicted molar refractivity (Wildman–Crippen MR) is 141 cm³/mol. The topological polar surface area (TPSA) is 113 Å². The largest absolute Gasteiger partial charge is 0.493 e. The predicted octanol–water partition coefficient (Wildman–Crippen LogP) is 5.86. The Labute approximate surface area is 216 Å². The van der Waals surface area contributed by atoms with Crippen molar-refractivity contribution < 1.29 is 23.8 Å². The molecule has 2 aromatic carbocycles. The Morgan fingerprint density at radius 2 is 1.97 bits per heavy atom.